The van der Waals surface area contributed by atoms with Gasteiger partial charge in [0.2, 0.25) is 0 Å². The van der Waals surface area contributed by atoms with Gasteiger partial charge in [0.05, 0.1) is 11.1 Å². The van der Waals surface area contributed by atoms with Crippen LogP contribution in [-0.4, -0.2) is 15.0 Å². The molecule has 5 aromatic rings. The quantitative estimate of drug-likeness (QED) is 0.456. The molecule has 0 saturated carbocycles. The molecule has 1 N–H and O–H groups in total. The Bertz CT molecular complexity index is 1230. The van der Waals surface area contributed by atoms with Crippen LogP contribution in [0, 0.1) is 5.82 Å². The van der Waals surface area contributed by atoms with Crippen LogP contribution in [0.2, 0.25) is 0 Å². The minimum Gasteiger partial charge on any atom is -0.339 e. The van der Waals surface area contributed by atoms with Crippen LogP contribution in [0.3, 0.4) is 0 Å². The summed E-state index contributed by atoms with van der Waals surface area (Å²) >= 11 is 0. The zero-order valence-electron chi connectivity index (χ0n) is 13.8. The normalized spacial score (nSPS) is 11.3. The van der Waals surface area contributed by atoms with Crippen molar-refractivity contribution >= 4 is 21.9 Å². The van der Waals surface area contributed by atoms with E-state index in [0.717, 1.165) is 33.1 Å². The highest BCUT2D eigenvalue weighted by Crippen LogP contribution is 2.34. The Morgan fingerprint density at radius 2 is 1.42 bits per heavy atom. The second-order valence-electron chi connectivity index (χ2n) is 6.17. The Morgan fingerprint density at radius 3 is 2.15 bits per heavy atom. The summed E-state index contributed by atoms with van der Waals surface area (Å²) in [6, 6.07) is 24.5. The van der Waals surface area contributed by atoms with Crippen molar-refractivity contribution in [3.05, 3.63) is 84.7 Å². The maximum absolute atomic E-state index is 13.9. The standard InChI is InChI=1S/C22H14FN3/c23-16-11-12-18-17(13-16)19-20(14-7-3-1-4-8-14)25-21(26-22(19)24-18)15-9-5-2-6-10-15/h1-13H,(H,24,25,26). The highest BCUT2D eigenvalue weighted by molar-refractivity contribution is 6.12. The first-order valence-corrected chi connectivity index (χ1v) is 8.39. The van der Waals surface area contributed by atoms with Gasteiger partial charge in [0.15, 0.2) is 5.82 Å². The van der Waals surface area contributed by atoms with E-state index in [1.807, 2.05) is 60.7 Å². The molecule has 0 aliphatic rings. The number of halogens is 1. The topological polar surface area (TPSA) is 41.6 Å². The zero-order valence-corrected chi connectivity index (χ0v) is 13.8. The van der Waals surface area contributed by atoms with Crippen LogP contribution < -0.4 is 0 Å². The van der Waals surface area contributed by atoms with Crippen LogP contribution in [0.4, 0.5) is 4.39 Å². The van der Waals surface area contributed by atoms with Crippen molar-refractivity contribution in [2.75, 3.05) is 0 Å². The van der Waals surface area contributed by atoms with E-state index in [9.17, 15) is 4.39 Å². The molecule has 0 radical (unpaired) electrons. The molecule has 3 nitrogen and oxygen atoms in total. The first kappa shape index (κ1) is 14.8. The SMILES string of the molecule is Fc1ccc2[nH]c3nc(-c4ccccc4)nc(-c4ccccc4)c3c2c1. The van der Waals surface area contributed by atoms with E-state index >= 15 is 0 Å². The van der Waals surface area contributed by atoms with Gasteiger partial charge in [0.1, 0.15) is 11.5 Å². The zero-order chi connectivity index (χ0) is 17.5. The molecule has 0 atom stereocenters. The molecule has 5 rings (SSSR count). The molecule has 2 aromatic heterocycles. The Labute approximate surface area is 149 Å². The number of fused-ring (bicyclic) bond motifs is 3. The van der Waals surface area contributed by atoms with Crippen LogP contribution in [0.1, 0.15) is 0 Å². The second kappa shape index (κ2) is 5.77. The summed E-state index contributed by atoms with van der Waals surface area (Å²) in [7, 11) is 0. The van der Waals surface area contributed by atoms with Crippen molar-refractivity contribution in [1.82, 2.24) is 15.0 Å². The molecule has 0 aliphatic heterocycles. The van der Waals surface area contributed by atoms with Gasteiger partial charge < -0.3 is 4.98 Å². The van der Waals surface area contributed by atoms with Crippen LogP contribution in [0.15, 0.2) is 78.9 Å². The van der Waals surface area contributed by atoms with Crippen molar-refractivity contribution in [2.24, 2.45) is 0 Å². The average molecular weight is 339 g/mol. The van der Waals surface area contributed by atoms with Crippen LogP contribution in [0.5, 0.6) is 0 Å². The number of nitrogens with one attached hydrogen (secondary N) is 1. The van der Waals surface area contributed by atoms with Gasteiger partial charge in [0.25, 0.3) is 0 Å². The van der Waals surface area contributed by atoms with E-state index in [2.05, 4.69) is 4.98 Å². The fourth-order valence-electron chi connectivity index (χ4n) is 3.29. The molecule has 2 heterocycles. The third-order valence-corrected chi connectivity index (χ3v) is 4.49. The number of nitrogens with zero attached hydrogens (tertiary/aromatic N) is 2. The van der Waals surface area contributed by atoms with E-state index in [0.29, 0.717) is 11.5 Å². The van der Waals surface area contributed by atoms with Crippen molar-refractivity contribution < 1.29 is 4.39 Å². The van der Waals surface area contributed by atoms with Crippen LogP contribution in [0.25, 0.3) is 44.6 Å². The van der Waals surface area contributed by atoms with E-state index in [4.69, 9.17) is 9.97 Å². The molecule has 0 bridgehead atoms. The van der Waals surface area contributed by atoms with Gasteiger partial charge >= 0.3 is 0 Å². The first-order valence-electron chi connectivity index (χ1n) is 8.39. The van der Waals surface area contributed by atoms with Crippen molar-refractivity contribution in [3.63, 3.8) is 0 Å². The van der Waals surface area contributed by atoms with E-state index < -0.39 is 0 Å². The Balaban J connectivity index is 1.91. The molecule has 0 amide bonds. The summed E-state index contributed by atoms with van der Waals surface area (Å²) in [5.41, 5.74) is 4.27. The van der Waals surface area contributed by atoms with Crippen LogP contribution in [-0.2, 0) is 0 Å². The molecule has 4 heteroatoms. The van der Waals surface area contributed by atoms with E-state index in [1.54, 1.807) is 6.07 Å². The monoisotopic (exact) mass is 339 g/mol. The molecular formula is C22H14FN3. The molecule has 0 aliphatic carbocycles. The van der Waals surface area contributed by atoms with Gasteiger partial charge in [-0.1, -0.05) is 60.7 Å². The number of benzene rings is 3. The molecule has 26 heavy (non-hydrogen) atoms. The first-order chi connectivity index (χ1) is 12.8. The lowest BCUT2D eigenvalue weighted by Crippen LogP contribution is -1.94. The summed E-state index contributed by atoms with van der Waals surface area (Å²) in [5, 5.41) is 1.63. The molecule has 0 saturated heterocycles. The van der Waals surface area contributed by atoms with Gasteiger partial charge in [-0.3, -0.25) is 0 Å². The van der Waals surface area contributed by atoms with Crippen molar-refractivity contribution in [1.29, 1.82) is 0 Å². The third kappa shape index (κ3) is 2.35. The second-order valence-corrected chi connectivity index (χ2v) is 6.17. The fraction of sp³-hybridized carbons (Fsp3) is 0. The highest BCUT2D eigenvalue weighted by Gasteiger charge is 2.16. The van der Waals surface area contributed by atoms with Gasteiger partial charge in [-0.05, 0) is 18.2 Å². The minimum atomic E-state index is -0.274. The number of aromatic nitrogens is 3. The molecule has 0 spiro atoms. The number of hydrogen-bond donors (Lipinski definition) is 1. The molecular weight excluding hydrogens is 325 g/mol. The Hall–Kier alpha value is -3.53. The van der Waals surface area contributed by atoms with Crippen molar-refractivity contribution in [2.45, 2.75) is 0 Å². The summed E-state index contributed by atoms with van der Waals surface area (Å²) < 4.78 is 13.9. The third-order valence-electron chi connectivity index (χ3n) is 4.49. The lowest BCUT2D eigenvalue weighted by molar-refractivity contribution is 0.630. The van der Waals surface area contributed by atoms with E-state index in [-0.39, 0.29) is 5.82 Å². The minimum absolute atomic E-state index is 0.274. The molecule has 3 aromatic carbocycles. The maximum atomic E-state index is 13.9. The molecule has 124 valence electrons. The van der Waals surface area contributed by atoms with Gasteiger partial charge in [-0.25, -0.2) is 14.4 Å². The van der Waals surface area contributed by atoms with Crippen LogP contribution >= 0.6 is 0 Å². The molecule has 0 fully saturated rings. The number of aromatic amines is 1. The Kier molecular flexibility index (Phi) is 3.28. The lowest BCUT2D eigenvalue weighted by Gasteiger charge is -2.07. The number of hydrogen-bond acceptors (Lipinski definition) is 2. The van der Waals surface area contributed by atoms with Gasteiger partial charge in [-0.2, -0.15) is 0 Å². The number of H-pyrrole nitrogens is 1. The highest BCUT2D eigenvalue weighted by atomic mass is 19.1. The lowest BCUT2D eigenvalue weighted by atomic mass is 10.1. The summed E-state index contributed by atoms with van der Waals surface area (Å²) in [6.45, 7) is 0. The smallest absolute Gasteiger partial charge is 0.162 e. The van der Waals surface area contributed by atoms with Gasteiger partial charge in [0, 0.05) is 22.0 Å². The van der Waals surface area contributed by atoms with Crippen molar-refractivity contribution in [3.8, 4) is 22.6 Å². The van der Waals surface area contributed by atoms with E-state index in [1.165, 1.54) is 12.1 Å². The summed E-state index contributed by atoms with van der Waals surface area (Å²) in [6.07, 6.45) is 0. The summed E-state index contributed by atoms with van der Waals surface area (Å²) in [5.74, 6) is 0.369. The fourth-order valence-corrected chi connectivity index (χ4v) is 3.29. The Morgan fingerprint density at radius 1 is 0.731 bits per heavy atom. The predicted octanol–water partition coefficient (Wildman–Crippen LogP) is 5.58. The number of rotatable bonds is 2. The summed E-state index contributed by atoms with van der Waals surface area (Å²) in [4.78, 5) is 12.9. The average Bonchev–Trinajstić information content (AvgIpc) is 3.06. The van der Waals surface area contributed by atoms with Gasteiger partial charge in [-0.15, -0.1) is 0 Å². The maximum Gasteiger partial charge on any atom is 0.162 e. The predicted molar refractivity (Wildman–Crippen MR) is 102 cm³/mol. The molecule has 0 unspecified atom stereocenters. The largest absolute Gasteiger partial charge is 0.339 e.